The summed E-state index contributed by atoms with van der Waals surface area (Å²) in [6.45, 7) is 1.21. The zero-order valence-electron chi connectivity index (χ0n) is 11.2. The van der Waals surface area contributed by atoms with Crippen LogP contribution in [0.1, 0.15) is 38.5 Å². The standard InChI is InChI=1S/C14H24N4/c1-18-10-11(9-16-18)17-14-7-4-5-12(14)13-6-2-3-8-15-13/h9-10,12-15,17H,2-8H2,1H3. The van der Waals surface area contributed by atoms with E-state index in [-0.39, 0.29) is 0 Å². The molecular weight excluding hydrogens is 224 g/mol. The molecule has 3 unspecified atom stereocenters. The Kier molecular flexibility index (Phi) is 3.55. The van der Waals surface area contributed by atoms with Crippen LogP contribution in [-0.4, -0.2) is 28.4 Å². The molecule has 1 saturated carbocycles. The van der Waals surface area contributed by atoms with Crippen molar-refractivity contribution in [1.82, 2.24) is 15.1 Å². The first kappa shape index (κ1) is 12.0. The van der Waals surface area contributed by atoms with E-state index in [0.717, 1.165) is 12.0 Å². The molecule has 2 aliphatic rings. The zero-order valence-corrected chi connectivity index (χ0v) is 11.2. The van der Waals surface area contributed by atoms with Gasteiger partial charge in [-0.15, -0.1) is 0 Å². The van der Waals surface area contributed by atoms with Gasteiger partial charge in [-0.25, -0.2) is 0 Å². The number of hydrogen-bond donors (Lipinski definition) is 2. The van der Waals surface area contributed by atoms with E-state index in [4.69, 9.17) is 0 Å². The van der Waals surface area contributed by atoms with Gasteiger partial charge < -0.3 is 10.6 Å². The molecule has 0 radical (unpaired) electrons. The first-order valence-corrected chi connectivity index (χ1v) is 7.31. The SMILES string of the molecule is Cn1cc(NC2CCCC2C2CCCCN2)cn1. The lowest BCUT2D eigenvalue weighted by molar-refractivity contribution is 0.286. The molecule has 2 heterocycles. The van der Waals surface area contributed by atoms with Gasteiger partial charge in [-0.2, -0.15) is 5.10 Å². The fraction of sp³-hybridized carbons (Fsp3) is 0.786. The van der Waals surface area contributed by atoms with Crippen LogP contribution in [0.25, 0.3) is 0 Å². The van der Waals surface area contributed by atoms with E-state index >= 15 is 0 Å². The van der Waals surface area contributed by atoms with Gasteiger partial charge in [0.25, 0.3) is 0 Å². The van der Waals surface area contributed by atoms with E-state index in [0.29, 0.717) is 6.04 Å². The van der Waals surface area contributed by atoms with E-state index < -0.39 is 0 Å². The summed E-state index contributed by atoms with van der Waals surface area (Å²) in [7, 11) is 1.97. The first-order valence-electron chi connectivity index (χ1n) is 7.31. The number of hydrogen-bond acceptors (Lipinski definition) is 3. The van der Waals surface area contributed by atoms with Crippen LogP contribution >= 0.6 is 0 Å². The van der Waals surface area contributed by atoms with E-state index in [1.165, 1.54) is 50.8 Å². The van der Waals surface area contributed by atoms with Gasteiger partial charge in [-0.1, -0.05) is 12.8 Å². The van der Waals surface area contributed by atoms with E-state index in [1.54, 1.807) is 0 Å². The van der Waals surface area contributed by atoms with Crippen molar-refractivity contribution >= 4 is 5.69 Å². The lowest BCUT2D eigenvalue weighted by atomic mass is 9.88. The highest BCUT2D eigenvalue weighted by Gasteiger charge is 2.34. The maximum atomic E-state index is 4.23. The van der Waals surface area contributed by atoms with Gasteiger partial charge in [0.2, 0.25) is 0 Å². The van der Waals surface area contributed by atoms with Gasteiger partial charge in [0.05, 0.1) is 11.9 Å². The molecule has 1 saturated heterocycles. The molecule has 2 fully saturated rings. The highest BCUT2D eigenvalue weighted by molar-refractivity contribution is 5.39. The van der Waals surface area contributed by atoms with Gasteiger partial charge >= 0.3 is 0 Å². The Hall–Kier alpha value is -1.03. The molecule has 1 aromatic rings. The van der Waals surface area contributed by atoms with Crippen molar-refractivity contribution in [2.75, 3.05) is 11.9 Å². The minimum atomic E-state index is 0.629. The van der Waals surface area contributed by atoms with Crippen molar-refractivity contribution in [2.45, 2.75) is 50.6 Å². The van der Waals surface area contributed by atoms with Crippen LogP contribution in [0.3, 0.4) is 0 Å². The van der Waals surface area contributed by atoms with Gasteiger partial charge in [-0.05, 0) is 38.1 Å². The third-order valence-electron chi connectivity index (χ3n) is 4.49. The van der Waals surface area contributed by atoms with Crippen LogP contribution in [0, 0.1) is 5.92 Å². The molecule has 1 aliphatic carbocycles. The summed E-state index contributed by atoms with van der Waals surface area (Å²) in [5.41, 5.74) is 1.17. The molecule has 0 aromatic carbocycles. The molecule has 0 bridgehead atoms. The van der Waals surface area contributed by atoms with E-state index in [2.05, 4.69) is 21.9 Å². The molecule has 0 spiro atoms. The van der Waals surface area contributed by atoms with Crippen LogP contribution < -0.4 is 10.6 Å². The Bertz CT molecular complexity index is 381. The Morgan fingerprint density at radius 1 is 1.28 bits per heavy atom. The highest BCUT2D eigenvalue weighted by atomic mass is 15.3. The fourth-order valence-electron chi connectivity index (χ4n) is 3.60. The minimum Gasteiger partial charge on any atom is -0.379 e. The van der Waals surface area contributed by atoms with Crippen molar-refractivity contribution in [2.24, 2.45) is 13.0 Å². The van der Waals surface area contributed by atoms with Crippen LogP contribution in [0.5, 0.6) is 0 Å². The maximum absolute atomic E-state index is 4.23. The Morgan fingerprint density at radius 3 is 2.94 bits per heavy atom. The van der Waals surface area contributed by atoms with Crippen LogP contribution in [-0.2, 0) is 7.05 Å². The zero-order chi connectivity index (χ0) is 12.4. The number of nitrogens with zero attached hydrogens (tertiary/aromatic N) is 2. The Morgan fingerprint density at radius 2 is 2.22 bits per heavy atom. The van der Waals surface area contributed by atoms with Crippen molar-refractivity contribution in [3.63, 3.8) is 0 Å². The Labute approximate surface area is 109 Å². The fourth-order valence-corrected chi connectivity index (χ4v) is 3.60. The molecule has 2 N–H and O–H groups in total. The molecule has 0 amide bonds. The number of nitrogens with one attached hydrogen (secondary N) is 2. The topological polar surface area (TPSA) is 41.9 Å². The average molecular weight is 248 g/mol. The number of piperidine rings is 1. The second-order valence-electron chi connectivity index (χ2n) is 5.80. The summed E-state index contributed by atoms with van der Waals surface area (Å²) in [4.78, 5) is 0. The predicted octanol–water partition coefficient (Wildman–Crippen LogP) is 2.14. The van der Waals surface area contributed by atoms with Crippen LogP contribution in [0.15, 0.2) is 12.4 Å². The monoisotopic (exact) mass is 248 g/mol. The predicted molar refractivity (Wildman–Crippen MR) is 73.6 cm³/mol. The molecule has 1 aromatic heterocycles. The second-order valence-corrected chi connectivity index (χ2v) is 5.80. The maximum Gasteiger partial charge on any atom is 0.0728 e. The third kappa shape index (κ3) is 2.53. The van der Waals surface area contributed by atoms with Crippen LogP contribution in [0.2, 0.25) is 0 Å². The lowest BCUT2D eigenvalue weighted by Gasteiger charge is -2.33. The number of anilines is 1. The van der Waals surface area contributed by atoms with Crippen molar-refractivity contribution in [3.8, 4) is 0 Å². The summed E-state index contributed by atoms with van der Waals surface area (Å²) < 4.78 is 1.87. The molecule has 100 valence electrons. The average Bonchev–Trinajstić information content (AvgIpc) is 3.00. The number of rotatable bonds is 3. The smallest absolute Gasteiger partial charge is 0.0728 e. The normalized spacial score (nSPS) is 32.6. The third-order valence-corrected chi connectivity index (χ3v) is 4.49. The quantitative estimate of drug-likeness (QED) is 0.861. The highest BCUT2D eigenvalue weighted by Crippen LogP contribution is 2.33. The van der Waals surface area contributed by atoms with Gasteiger partial charge in [0.1, 0.15) is 0 Å². The molecule has 18 heavy (non-hydrogen) atoms. The summed E-state index contributed by atoms with van der Waals surface area (Å²) in [5.74, 6) is 0.797. The number of aromatic nitrogens is 2. The van der Waals surface area contributed by atoms with E-state index in [9.17, 15) is 0 Å². The van der Waals surface area contributed by atoms with Crippen molar-refractivity contribution in [3.05, 3.63) is 12.4 Å². The van der Waals surface area contributed by atoms with Gasteiger partial charge in [-0.3, -0.25) is 4.68 Å². The van der Waals surface area contributed by atoms with Crippen molar-refractivity contribution < 1.29 is 0 Å². The summed E-state index contributed by atoms with van der Waals surface area (Å²) >= 11 is 0. The molecule has 3 atom stereocenters. The summed E-state index contributed by atoms with van der Waals surface area (Å²) in [5, 5.41) is 11.6. The molecule has 4 nitrogen and oxygen atoms in total. The lowest BCUT2D eigenvalue weighted by Crippen LogP contribution is -2.44. The van der Waals surface area contributed by atoms with Crippen molar-refractivity contribution in [1.29, 1.82) is 0 Å². The molecular formula is C14H24N4. The summed E-state index contributed by atoms with van der Waals surface area (Å²) in [6, 6.07) is 1.36. The van der Waals surface area contributed by atoms with E-state index in [1.807, 2.05) is 17.9 Å². The largest absolute Gasteiger partial charge is 0.379 e. The second kappa shape index (κ2) is 5.31. The van der Waals surface area contributed by atoms with Gasteiger partial charge in [0.15, 0.2) is 0 Å². The minimum absolute atomic E-state index is 0.629. The molecule has 4 heteroatoms. The molecule has 3 rings (SSSR count). The Balaban J connectivity index is 1.63. The molecule has 1 aliphatic heterocycles. The van der Waals surface area contributed by atoms with Crippen LogP contribution in [0.4, 0.5) is 5.69 Å². The number of aryl methyl sites for hydroxylation is 1. The van der Waals surface area contributed by atoms with Gasteiger partial charge in [0, 0.05) is 25.3 Å². The summed E-state index contributed by atoms with van der Waals surface area (Å²) in [6.07, 6.45) is 12.1. The first-order chi connectivity index (χ1) is 8.83.